The predicted octanol–water partition coefficient (Wildman–Crippen LogP) is 3.18. The highest BCUT2D eigenvalue weighted by molar-refractivity contribution is 6.04. The van der Waals surface area contributed by atoms with Crippen LogP contribution in [-0.2, 0) is 16.0 Å². The maximum atomic E-state index is 12.3. The van der Waals surface area contributed by atoms with Crippen molar-refractivity contribution < 1.29 is 9.59 Å². The summed E-state index contributed by atoms with van der Waals surface area (Å²) in [5, 5.41) is 6.41. The van der Waals surface area contributed by atoms with E-state index < -0.39 is 0 Å². The number of anilines is 1. The van der Waals surface area contributed by atoms with E-state index >= 15 is 0 Å². The zero-order chi connectivity index (χ0) is 18.4. The largest absolute Gasteiger partial charge is 0.359 e. The van der Waals surface area contributed by atoms with Crippen LogP contribution in [0.2, 0.25) is 0 Å². The summed E-state index contributed by atoms with van der Waals surface area (Å²) in [5.41, 5.74) is 3.20. The number of amides is 2. The highest BCUT2D eigenvalue weighted by atomic mass is 16.2. The average molecular weight is 345 g/mol. The van der Waals surface area contributed by atoms with Crippen LogP contribution in [0.1, 0.15) is 11.1 Å². The summed E-state index contributed by atoms with van der Waals surface area (Å²) < 4.78 is 0. The minimum absolute atomic E-state index is 0.106. The van der Waals surface area contributed by atoms with Gasteiger partial charge in [-0.25, -0.2) is 0 Å². The first-order valence-electron chi connectivity index (χ1n) is 8.28. The number of rotatable bonds is 5. The van der Waals surface area contributed by atoms with Gasteiger partial charge in [0, 0.05) is 30.4 Å². The van der Waals surface area contributed by atoms with Gasteiger partial charge in [-0.05, 0) is 35.4 Å². The Labute approximate surface area is 151 Å². The van der Waals surface area contributed by atoms with Crippen molar-refractivity contribution in [1.29, 1.82) is 0 Å². The molecule has 0 atom stereocenters. The third kappa shape index (κ3) is 4.13. The molecule has 2 N–H and O–H groups in total. The summed E-state index contributed by atoms with van der Waals surface area (Å²) in [4.78, 5) is 28.2. The Morgan fingerprint density at radius 3 is 2.65 bits per heavy atom. The number of likely N-dealkylation sites (N-methyl/N-ethyl adjacent to an activating group) is 1. The summed E-state index contributed by atoms with van der Waals surface area (Å²) in [7, 11) is 1.59. The van der Waals surface area contributed by atoms with E-state index in [2.05, 4.69) is 15.6 Å². The van der Waals surface area contributed by atoms with Crippen molar-refractivity contribution in [2.75, 3.05) is 12.4 Å². The lowest BCUT2D eigenvalue weighted by atomic mass is 10.1. The van der Waals surface area contributed by atoms with Crippen LogP contribution in [0.25, 0.3) is 17.0 Å². The fraction of sp³-hybridized carbons (Fsp3) is 0.0952. The van der Waals surface area contributed by atoms with E-state index in [1.165, 1.54) is 6.08 Å². The van der Waals surface area contributed by atoms with E-state index in [1.807, 2.05) is 48.5 Å². The molecule has 0 bridgehead atoms. The van der Waals surface area contributed by atoms with Crippen LogP contribution in [0.5, 0.6) is 0 Å². The number of hydrogen-bond donors (Lipinski definition) is 2. The number of aromatic nitrogens is 1. The van der Waals surface area contributed by atoms with E-state index in [9.17, 15) is 9.59 Å². The zero-order valence-corrected chi connectivity index (χ0v) is 14.4. The minimum Gasteiger partial charge on any atom is -0.359 e. The SMILES string of the molecule is CNC(=O)Cc1ccccc1NC(=O)/C=C\c1ccnc2ccccc12. The van der Waals surface area contributed by atoms with Crippen molar-refractivity contribution in [1.82, 2.24) is 10.3 Å². The first-order chi connectivity index (χ1) is 12.7. The molecule has 0 aliphatic rings. The van der Waals surface area contributed by atoms with Gasteiger partial charge in [0.05, 0.1) is 11.9 Å². The van der Waals surface area contributed by atoms with Crippen molar-refractivity contribution in [3.05, 3.63) is 78.0 Å². The lowest BCUT2D eigenvalue weighted by molar-refractivity contribution is -0.120. The molecule has 0 unspecified atom stereocenters. The molecule has 5 nitrogen and oxygen atoms in total. The van der Waals surface area contributed by atoms with Crippen LogP contribution in [-0.4, -0.2) is 23.8 Å². The highest BCUT2D eigenvalue weighted by Gasteiger charge is 2.08. The summed E-state index contributed by atoms with van der Waals surface area (Å²) in [6.45, 7) is 0. The van der Waals surface area contributed by atoms with Gasteiger partial charge in [0.2, 0.25) is 11.8 Å². The number of hydrogen-bond acceptors (Lipinski definition) is 3. The number of para-hydroxylation sites is 2. The molecule has 1 heterocycles. The maximum absolute atomic E-state index is 12.3. The molecule has 3 rings (SSSR count). The third-order valence-corrected chi connectivity index (χ3v) is 4.00. The fourth-order valence-electron chi connectivity index (χ4n) is 2.66. The molecule has 0 aliphatic heterocycles. The smallest absolute Gasteiger partial charge is 0.248 e. The minimum atomic E-state index is -0.254. The molecule has 0 radical (unpaired) electrons. The second-order valence-electron chi connectivity index (χ2n) is 5.75. The Kier molecular flexibility index (Phi) is 5.39. The molecule has 1 aromatic heterocycles. The molecular weight excluding hydrogens is 326 g/mol. The predicted molar refractivity (Wildman–Crippen MR) is 104 cm³/mol. The van der Waals surface area contributed by atoms with E-state index in [0.29, 0.717) is 5.69 Å². The van der Waals surface area contributed by atoms with Gasteiger partial charge in [-0.2, -0.15) is 0 Å². The van der Waals surface area contributed by atoms with Gasteiger partial charge in [-0.3, -0.25) is 14.6 Å². The average Bonchev–Trinajstić information content (AvgIpc) is 2.67. The lowest BCUT2D eigenvalue weighted by Gasteiger charge is -2.09. The maximum Gasteiger partial charge on any atom is 0.248 e. The molecule has 0 spiro atoms. The number of fused-ring (bicyclic) bond motifs is 1. The molecule has 2 aromatic carbocycles. The Hall–Kier alpha value is -3.47. The second-order valence-corrected chi connectivity index (χ2v) is 5.75. The number of carbonyl (C=O) groups excluding carboxylic acids is 2. The van der Waals surface area contributed by atoms with Crippen LogP contribution in [0.4, 0.5) is 5.69 Å². The van der Waals surface area contributed by atoms with E-state index in [0.717, 1.165) is 22.0 Å². The van der Waals surface area contributed by atoms with Crippen LogP contribution >= 0.6 is 0 Å². The fourth-order valence-corrected chi connectivity index (χ4v) is 2.66. The van der Waals surface area contributed by atoms with Crippen LogP contribution in [0.15, 0.2) is 66.9 Å². The van der Waals surface area contributed by atoms with Crippen LogP contribution < -0.4 is 10.6 Å². The van der Waals surface area contributed by atoms with E-state index in [-0.39, 0.29) is 18.2 Å². The van der Waals surface area contributed by atoms with Gasteiger partial charge in [0.15, 0.2) is 0 Å². The van der Waals surface area contributed by atoms with Gasteiger partial charge in [0.25, 0.3) is 0 Å². The molecular formula is C21H19N3O2. The molecule has 0 saturated heterocycles. The van der Waals surface area contributed by atoms with Crippen LogP contribution in [0, 0.1) is 0 Å². The van der Waals surface area contributed by atoms with Gasteiger partial charge >= 0.3 is 0 Å². The first kappa shape index (κ1) is 17.4. The normalized spacial score (nSPS) is 10.8. The van der Waals surface area contributed by atoms with Crippen molar-refractivity contribution in [3.63, 3.8) is 0 Å². The second kappa shape index (κ2) is 8.07. The van der Waals surface area contributed by atoms with Crippen molar-refractivity contribution in [2.45, 2.75) is 6.42 Å². The summed E-state index contributed by atoms with van der Waals surface area (Å²) in [6, 6.07) is 16.9. The number of nitrogens with one attached hydrogen (secondary N) is 2. The first-order valence-corrected chi connectivity index (χ1v) is 8.28. The number of pyridine rings is 1. The Morgan fingerprint density at radius 2 is 1.81 bits per heavy atom. The molecule has 0 saturated carbocycles. The molecule has 26 heavy (non-hydrogen) atoms. The van der Waals surface area contributed by atoms with Gasteiger partial charge < -0.3 is 10.6 Å². The molecule has 5 heteroatoms. The van der Waals surface area contributed by atoms with Crippen molar-refractivity contribution >= 4 is 34.5 Å². The quantitative estimate of drug-likeness (QED) is 0.698. The molecule has 0 aliphatic carbocycles. The number of benzene rings is 2. The van der Waals surface area contributed by atoms with Crippen molar-refractivity contribution in [3.8, 4) is 0 Å². The molecule has 130 valence electrons. The standard InChI is InChI=1S/C21H19N3O2/c1-22-21(26)14-16-6-2-4-8-18(16)24-20(25)11-10-15-12-13-23-19-9-5-3-7-17(15)19/h2-13H,14H2,1H3,(H,22,26)(H,24,25)/b11-10-. The van der Waals surface area contributed by atoms with Crippen LogP contribution in [0.3, 0.4) is 0 Å². The highest BCUT2D eigenvalue weighted by Crippen LogP contribution is 2.18. The molecule has 0 fully saturated rings. The molecule has 3 aromatic rings. The van der Waals surface area contributed by atoms with Gasteiger partial charge in [-0.1, -0.05) is 36.4 Å². The summed E-state index contributed by atoms with van der Waals surface area (Å²) in [6.07, 6.45) is 5.18. The Morgan fingerprint density at radius 1 is 1.04 bits per heavy atom. The van der Waals surface area contributed by atoms with Gasteiger partial charge in [-0.15, -0.1) is 0 Å². The van der Waals surface area contributed by atoms with E-state index in [4.69, 9.17) is 0 Å². The van der Waals surface area contributed by atoms with Crippen molar-refractivity contribution in [2.24, 2.45) is 0 Å². The topological polar surface area (TPSA) is 71.1 Å². The zero-order valence-electron chi connectivity index (χ0n) is 14.4. The van der Waals surface area contributed by atoms with E-state index in [1.54, 1.807) is 25.4 Å². The summed E-state index contributed by atoms with van der Waals surface area (Å²) >= 11 is 0. The Bertz CT molecular complexity index is 974. The molecule has 2 amide bonds. The lowest BCUT2D eigenvalue weighted by Crippen LogP contribution is -2.21. The third-order valence-electron chi connectivity index (χ3n) is 4.00. The Balaban J connectivity index is 1.77. The summed E-state index contributed by atoms with van der Waals surface area (Å²) in [5.74, 6) is -0.360. The monoisotopic (exact) mass is 345 g/mol. The van der Waals surface area contributed by atoms with Gasteiger partial charge in [0.1, 0.15) is 0 Å². The number of carbonyl (C=O) groups is 2. The number of nitrogens with zero attached hydrogens (tertiary/aromatic N) is 1.